The van der Waals surface area contributed by atoms with E-state index in [1.54, 1.807) is 42.5 Å². The van der Waals surface area contributed by atoms with Gasteiger partial charge in [0.25, 0.3) is 0 Å². The molecule has 0 aliphatic carbocycles. The van der Waals surface area contributed by atoms with Gasteiger partial charge in [0, 0.05) is 27.2 Å². The third-order valence-corrected chi connectivity index (χ3v) is 28.2. The van der Waals surface area contributed by atoms with Crippen LogP contribution in [0.15, 0.2) is 224 Å². The Morgan fingerprint density at radius 3 is 0.857 bits per heavy atom. The van der Waals surface area contributed by atoms with Crippen molar-refractivity contribution in [2.24, 2.45) is 0 Å². The second-order valence-electron chi connectivity index (χ2n) is 16.7. The highest BCUT2D eigenvalue weighted by atomic mass is 127. The van der Waals surface area contributed by atoms with Gasteiger partial charge in [-0.3, -0.25) is 0 Å². The predicted molar refractivity (Wildman–Crippen MR) is 316 cm³/mol. The van der Waals surface area contributed by atoms with Crippen molar-refractivity contribution in [3.8, 4) is 0 Å². The highest BCUT2D eigenvalue weighted by Crippen LogP contribution is 2.29. The summed E-state index contributed by atoms with van der Waals surface area (Å²) >= 11 is 57.9. The first-order valence-electron chi connectivity index (χ1n) is 23.9. The molecule has 0 radical (unpaired) electrons. The van der Waals surface area contributed by atoms with E-state index >= 15 is 0 Å². The molecule has 0 aliphatic rings. The van der Waals surface area contributed by atoms with Gasteiger partial charge in [0.05, 0.1) is 46.3 Å². The fraction of sp³-hybridized carbons (Fsp3) is 0.0476. The smallest absolute Gasteiger partial charge is 0.166 e. The minimum atomic E-state index is -4.25. The third-order valence-electron chi connectivity index (χ3n) is 10.3. The molecule has 0 spiro atoms. The van der Waals surface area contributed by atoms with Crippen molar-refractivity contribution in [2.75, 3.05) is 0 Å². The zero-order valence-electron chi connectivity index (χ0n) is 42.8. The molecule has 21 heteroatoms. The third kappa shape index (κ3) is 25.3. The molecule has 84 heavy (non-hydrogen) atoms. The number of benzene rings is 10. The summed E-state index contributed by atoms with van der Waals surface area (Å²) < 4.78 is 85.8. The van der Waals surface area contributed by atoms with E-state index in [1.807, 2.05) is 140 Å². The number of rotatable bonds is 10. The number of hydrogen-bond donors (Lipinski definition) is 0. The SMILES string of the molecule is Cc1ccc([I+]c2ccc(C(F)(F)F)cc2)cc1.Clc1ccc([I+]c2ccc(Cl)c(Cl)c2)cc1Cl.Clc1ccc([I+]c2ccc(Cl)cc2Cl)c(Cl)c1.Clc1ccc([I+]c2ccccc2)c(Cl)c1.FC(F)(F)c1ccc([I+]c2ccccc2)cc1. The lowest BCUT2D eigenvalue weighted by Crippen LogP contribution is -3.61. The van der Waals surface area contributed by atoms with Crippen LogP contribution in [-0.2, 0) is 12.4 Å². The first-order valence-corrected chi connectivity index (χ1v) is 38.5. The number of aryl methyl sites for hydroxylation is 1. The molecule has 10 rings (SSSR count). The van der Waals surface area contributed by atoms with Crippen LogP contribution in [0, 0.1) is 42.6 Å². The first kappa shape index (κ1) is 71.4. The summed E-state index contributed by atoms with van der Waals surface area (Å²) in [4.78, 5) is 0. The van der Waals surface area contributed by atoms with Crippen molar-refractivity contribution >= 4 is 116 Å². The minimum absolute atomic E-state index is 0.196. The van der Waals surface area contributed by atoms with Crippen LogP contribution in [0.1, 0.15) is 16.7 Å². The Morgan fingerprint density at radius 1 is 0.250 bits per heavy atom. The largest absolute Gasteiger partial charge is 0.416 e. The summed E-state index contributed by atoms with van der Waals surface area (Å²) in [5, 5.41) is 6.47. The molecule has 0 fully saturated rings. The van der Waals surface area contributed by atoms with Crippen molar-refractivity contribution < 1.29 is 132 Å². The van der Waals surface area contributed by atoms with Gasteiger partial charge in [-0.15, -0.1) is 0 Å². The van der Waals surface area contributed by atoms with Crippen molar-refractivity contribution in [3.05, 3.63) is 327 Å². The van der Waals surface area contributed by atoms with Crippen LogP contribution < -0.4 is 106 Å². The van der Waals surface area contributed by atoms with E-state index < -0.39 is 65.9 Å². The highest BCUT2D eigenvalue weighted by Gasteiger charge is 2.32. The highest BCUT2D eigenvalue weighted by molar-refractivity contribution is 6.42. The van der Waals surface area contributed by atoms with Gasteiger partial charge in [-0.25, -0.2) is 0 Å². The molecule has 0 heterocycles. The van der Waals surface area contributed by atoms with E-state index in [2.05, 4.69) is 24.3 Å². The summed E-state index contributed by atoms with van der Waals surface area (Å²) in [6, 6.07) is 67.5. The van der Waals surface area contributed by atoms with E-state index in [4.69, 9.17) is 116 Å². The molecule has 0 bridgehead atoms. The Balaban J connectivity index is 0.000000169. The summed E-state index contributed by atoms with van der Waals surface area (Å²) in [5.74, 6) is 0. The topological polar surface area (TPSA) is 0 Å². The Kier molecular flexibility index (Phi) is 30.3. The lowest BCUT2D eigenvalue weighted by Gasteiger charge is -2.04. The molecule has 0 N–H and O–H groups in total. The Labute approximate surface area is 586 Å². The van der Waals surface area contributed by atoms with Gasteiger partial charge in [0.1, 0.15) is 0 Å². The maximum absolute atomic E-state index is 12.4. The van der Waals surface area contributed by atoms with Gasteiger partial charge >= 0.3 is 118 Å². The Morgan fingerprint density at radius 2 is 0.536 bits per heavy atom. The molecule has 0 saturated carbocycles. The van der Waals surface area contributed by atoms with E-state index in [1.165, 1.54) is 27.0 Å². The number of hydrogen-bond acceptors (Lipinski definition) is 0. The average Bonchev–Trinajstić information content (AvgIpc) is 3.67. The van der Waals surface area contributed by atoms with Gasteiger partial charge < -0.3 is 0 Å². The molecule has 0 saturated heterocycles. The quantitative estimate of drug-likeness (QED) is 0.0742. The van der Waals surface area contributed by atoms with Crippen LogP contribution in [0.4, 0.5) is 26.3 Å². The minimum Gasteiger partial charge on any atom is -0.166 e. The second kappa shape index (κ2) is 35.7. The average molecular weight is 1900 g/mol. The first-order chi connectivity index (χ1) is 39.9. The summed E-state index contributed by atoms with van der Waals surface area (Å²) in [5.41, 5.74) is 0.0210. The van der Waals surface area contributed by atoms with Crippen molar-refractivity contribution in [3.63, 3.8) is 0 Å². The van der Waals surface area contributed by atoms with Crippen LogP contribution in [0.5, 0.6) is 0 Å². The molecule has 10 aromatic carbocycles. The number of alkyl halides is 6. The van der Waals surface area contributed by atoms with Gasteiger partial charge in [-0.1, -0.05) is 170 Å². The molecule has 10 aromatic rings. The molecule has 0 unspecified atom stereocenters. The van der Waals surface area contributed by atoms with Gasteiger partial charge in [0.2, 0.25) is 10.7 Å². The van der Waals surface area contributed by atoms with E-state index in [-0.39, 0.29) is 63.6 Å². The molecule has 0 nitrogen and oxygen atoms in total. The van der Waals surface area contributed by atoms with Crippen LogP contribution in [0.2, 0.25) is 50.2 Å². The van der Waals surface area contributed by atoms with Gasteiger partial charge in [0.15, 0.2) is 25.0 Å². The monoisotopic (exact) mass is 1890 g/mol. The van der Waals surface area contributed by atoms with E-state index in [0.717, 1.165) is 43.6 Å². The maximum Gasteiger partial charge on any atom is 0.416 e. The van der Waals surface area contributed by atoms with Gasteiger partial charge in [-0.2, -0.15) is 26.3 Å². The second-order valence-corrected chi connectivity index (χ2v) is 35.7. The maximum atomic E-state index is 12.4. The molecule has 0 atom stereocenters. The summed E-state index contributed by atoms with van der Waals surface area (Å²) in [6.45, 7) is 2.01. The van der Waals surface area contributed by atoms with Gasteiger partial charge in [-0.05, 0) is 171 Å². The predicted octanol–water partition coefficient (Wildman–Crippen LogP) is 7.96. The van der Waals surface area contributed by atoms with Crippen molar-refractivity contribution in [1.29, 1.82) is 0 Å². The fourth-order valence-electron chi connectivity index (χ4n) is 6.26. The molecular weight excluding hydrogens is 1860 g/mol. The number of halogens is 21. The van der Waals surface area contributed by atoms with Crippen LogP contribution in [0.25, 0.3) is 0 Å². The van der Waals surface area contributed by atoms with Crippen molar-refractivity contribution in [1.82, 2.24) is 0 Å². The molecule has 434 valence electrons. The van der Waals surface area contributed by atoms with Crippen LogP contribution in [-0.4, -0.2) is 0 Å². The molecular formula is C63H40Cl10F6I5+5. The lowest BCUT2D eigenvalue weighted by atomic mass is 10.2. The zero-order chi connectivity index (χ0) is 61.0. The standard InChI is InChI=1S/C14H11F3I.C13H9F3I.2C12H6Cl4I.C12H8Cl2I/c1-10-2-6-12(7-3-10)18-13-8-4-11(5-9-13)14(15,16)17;14-13(15,16)10-6-8-12(9-7-10)17-11-4-2-1-3-5-11;13-7-1-3-11(9(15)5-7)17-12-4-2-8(14)6-10(12)16;13-9-3-1-7(5-11(9)15)17-8-2-4-10(14)12(16)6-8;13-9-6-7-12(11(14)8-9)15-10-4-2-1-3-5-10/h2-9H,1H3;1-9H;2*1-6H;1-8H/q5*+1. The Hall–Kier alpha value is -1.67. The zero-order valence-corrected chi connectivity index (χ0v) is 61.1. The lowest BCUT2D eigenvalue weighted by molar-refractivity contribution is -0.597. The van der Waals surface area contributed by atoms with E-state index in [9.17, 15) is 26.3 Å². The molecule has 0 aliphatic heterocycles. The van der Waals surface area contributed by atoms with Crippen LogP contribution >= 0.6 is 116 Å². The summed E-state index contributed by atoms with van der Waals surface area (Å²) in [6.07, 6.45) is -8.50. The summed E-state index contributed by atoms with van der Waals surface area (Å²) in [7, 11) is 0. The van der Waals surface area contributed by atoms with Crippen molar-refractivity contribution in [2.45, 2.75) is 19.3 Å². The normalized spacial score (nSPS) is 10.9. The van der Waals surface area contributed by atoms with Crippen LogP contribution in [0.3, 0.4) is 0 Å². The van der Waals surface area contributed by atoms with E-state index in [0.29, 0.717) is 45.2 Å². The fourth-order valence-corrected chi connectivity index (χ4v) is 20.3. The molecule has 0 amide bonds. The Bertz CT molecular complexity index is 3600. The molecule has 0 aromatic heterocycles.